The van der Waals surface area contributed by atoms with Crippen LogP contribution in [0.4, 0.5) is 0 Å². The van der Waals surface area contributed by atoms with Gasteiger partial charge in [-0.2, -0.15) is 5.10 Å². The Morgan fingerprint density at radius 3 is 2.55 bits per heavy atom. The zero-order valence-electron chi connectivity index (χ0n) is 18.2. The summed E-state index contributed by atoms with van der Waals surface area (Å²) >= 11 is 5.38. The molecule has 8 heteroatoms. The number of nitrogens with zero attached hydrogens (tertiary/aromatic N) is 3. The number of aromatic nitrogens is 3. The van der Waals surface area contributed by atoms with Gasteiger partial charge in [0.1, 0.15) is 5.75 Å². The highest BCUT2D eigenvalue weighted by Gasteiger charge is 2.16. The van der Waals surface area contributed by atoms with E-state index in [1.54, 1.807) is 0 Å². The van der Waals surface area contributed by atoms with Crippen molar-refractivity contribution in [3.63, 3.8) is 0 Å². The van der Waals surface area contributed by atoms with Crippen LogP contribution in [0.25, 0.3) is 11.4 Å². The van der Waals surface area contributed by atoms with E-state index < -0.39 is 0 Å². The van der Waals surface area contributed by atoms with Gasteiger partial charge < -0.3 is 15.0 Å². The average Bonchev–Trinajstić information content (AvgIpc) is 3.14. The first kappa shape index (κ1) is 22.7. The molecule has 3 aromatic rings. The molecule has 0 aliphatic rings. The first-order valence-electron chi connectivity index (χ1n) is 10.4. The lowest BCUT2D eigenvalue weighted by molar-refractivity contribution is -0.121. The van der Waals surface area contributed by atoms with Crippen molar-refractivity contribution in [1.29, 1.82) is 0 Å². The first-order valence-corrected chi connectivity index (χ1v) is 10.8. The lowest BCUT2D eigenvalue weighted by Crippen LogP contribution is -2.34. The second-order valence-corrected chi connectivity index (χ2v) is 7.79. The summed E-state index contributed by atoms with van der Waals surface area (Å²) in [4.78, 5) is 14.7. The van der Waals surface area contributed by atoms with E-state index in [1.807, 2.05) is 68.1 Å². The van der Waals surface area contributed by atoms with Gasteiger partial charge in [0.2, 0.25) is 5.91 Å². The van der Waals surface area contributed by atoms with E-state index in [9.17, 15) is 4.79 Å². The van der Waals surface area contributed by atoms with Gasteiger partial charge in [-0.15, -0.1) is 0 Å². The zero-order valence-corrected chi connectivity index (χ0v) is 19.0. The van der Waals surface area contributed by atoms with Crippen LogP contribution in [0.2, 0.25) is 0 Å². The molecule has 31 heavy (non-hydrogen) atoms. The van der Waals surface area contributed by atoms with E-state index in [1.165, 1.54) is 5.56 Å². The normalized spacial score (nSPS) is 12.0. The van der Waals surface area contributed by atoms with Gasteiger partial charge in [-0.25, -0.2) is 0 Å². The van der Waals surface area contributed by atoms with Gasteiger partial charge in [-0.1, -0.05) is 30.3 Å². The molecule has 0 aliphatic heterocycles. The molecule has 0 saturated carbocycles. The Labute approximate surface area is 188 Å². The summed E-state index contributed by atoms with van der Waals surface area (Å²) in [6.45, 7) is 3.55. The number of aromatic amines is 1. The van der Waals surface area contributed by atoms with Gasteiger partial charge in [0, 0.05) is 25.1 Å². The van der Waals surface area contributed by atoms with Crippen LogP contribution >= 0.6 is 12.2 Å². The molecule has 1 aromatic heterocycles. The summed E-state index contributed by atoms with van der Waals surface area (Å²) in [5.74, 6) is 1.49. The Bertz CT molecular complexity index is 1030. The molecule has 0 bridgehead atoms. The fraction of sp³-hybridized carbons (Fsp3) is 0.348. The topological polar surface area (TPSA) is 75.2 Å². The molecule has 1 heterocycles. The van der Waals surface area contributed by atoms with Gasteiger partial charge in [-0.3, -0.25) is 14.5 Å². The first-order chi connectivity index (χ1) is 15.0. The van der Waals surface area contributed by atoms with E-state index in [-0.39, 0.29) is 11.9 Å². The second-order valence-electron chi connectivity index (χ2n) is 7.41. The fourth-order valence-corrected chi connectivity index (χ4v) is 3.62. The summed E-state index contributed by atoms with van der Waals surface area (Å²) < 4.78 is 7.84. The number of hydrogen-bond donors (Lipinski definition) is 2. The summed E-state index contributed by atoms with van der Waals surface area (Å²) in [7, 11) is 4.02. The Hall–Kier alpha value is -2.97. The monoisotopic (exact) mass is 439 g/mol. The molecule has 0 radical (unpaired) electrons. The quantitative estimate of drug-likeness (QED) is 0.470. The molecule has 1 unspecified atom stereocenters. The molecule has 2 N–H and O–H groups in total. The predicted octanol–water partition coefficient (Wildman–Crippen LogP) is 3.82. The third-order valence-electron chi connectivity index (χ3n) is 5.04. The molecule has 7 nitrogen and oxygen atoms in total. The zero-order chi connectivity index (χ0) is 22.2. The number of ether oxygens (including phenoxy) is 1. The third-order valence-corrected chi connectivity index (χ3v) is 5.36. The Balaban J connectivity index is 1.61. The molecular formula is C23H29N5O2S. The molecule has 0 saturated heterocycles. The maximum atomic E-state index is 12.5. The number of likely N-dealkylation sites (N-methyl/N-ethyl adjacent to an activating group) is 1. The van der Waals surface area contributed by atoms with Crippen LogP contribution in [0.1, 0.15) is 24.9 Å². The van der Waals surface area contributed by atoms with Gasteiger partial charge >= 0.3 is 0 Å². The lowest BCUT2D eigenvalue weighted by Gasteiger charge is -2.25. The SMILES string of the molecule is CCOc1ccc(-c2n[nH]c(=S)n2CCC(=O)NCC(c2ccccc2)N(C)C)cc1. The van der Waals surface area contributed by atoms with Crippen LogP contribution in [-0.4, -0.2) is 52.8 Å². The molecule has 0 aliphatic carbocycles. The number of carbonyl (C=O) groups is 1. The van der Waals surface area contributed by atoms with E-state index in [4.69, 9.17) is 17.0 Å². The van der Waals surface area contributed by atoms with E-state index in [2.05, 4.69) is 32.5 Å². The lowest BCUT2D eigenvalue weighted by atomic mass is 10.1. The standard InChI is InChI=1S/C23H29N5O2S/c1-4-30-19-12-10-18(11-13-19)22-25-26-23(31)28(22)15-14-21(29)24-16-20(27(2)3)17-8-6-5-7-9-17/h5-13,20H,4,14-16H2,1-3H3,(H,24,29)(H,26,31). The number of nitrogens with one attached hydrogen (secondary N) is 2. The van der Waals surface area contributed by atoms with Crippen LogP contribution in [0.3, 0.4) is 0 Å². The van der Waals surface area contributed by atoms with Crippen LogP contribution in [0, 0.1) is 4.77 Å². The summed E-state index contributed by atoms with van der Waals surface area (Å²) in [5.41, 5.74) is 2.08. The van der Waals surface area contributed by atoms with Gasteiger partial charge in [0.15, 0.2) is 10.6 Å². The van der Waals surface area contributed by atoms with Crippen LogP contribution in [0.5, 0.6) is 5.75 Å². The third kappa shape index (κ3) is 6.02. The molecular weight excluding hydrogens is 410 g/mol. The Kier molecular flexibility index (Phi) is 7.97. The van der Waals surface area contributed by atoms with Gasteiger partial charge in [0.05, 0.1) is 12.6 Å². The highest BCUT2D eigenvalue weighted by molar-refractivity contribution is 7.71. The molecule has 3 rings (SSSR count). The van der Waals surface area contributed by atoms with E-state index in [0.29, 0.717) is 36.7 Å². The number of carbonyl (C=O) groups excluding carboxylic acids is 1. The molecule has 1 atom stereocenters. The number of benzene rings is 2. The Morgan fingerprint density at radius 2 is 1.90 bits per heavy atom. The van der Waals surface area contributed by atoms with E-state index in [0.717, 1.165) is 11.3 Å². The van der Waals surface area contributed by atoms with Crippen molar-refractivity contribution in [1.82, 2.24) is 25.0 Å². The molecule has 0 spiro atoms. The van der Waals surface area contributed by atoms with Crippen molar-refractivity contribution in [3.05, 3.63) is 64.9 Å². The minimum absolute atomic E-state index is 0.0245. The van der Waals surface area contributed by atoms with Crippen molar-refractivity contribution in [2.45, 2.75) is 25.9 Å². The Morgan fingerprint density at radius 1 is 1.19 bits per heavy atom. The van der Waals surface area contributed by atoms with Crippen molar-refractivity contribution >= 4 is 18.1 Å². The summed E-state index contributed by atoms with van der Waals surface area (Å²) in [6.07, 6.45) is 0.312. The maximum absolute atomic E-state index is 12.5. The van der Waals surface area contributed by atoms with Crippen LogP contribution in [-0.2, 0) is 11.3 Å². The highest BCUT2D eigenvalue weighted by atomic mass is 32.1. The van der Waals surface area contributed by atoms with Crippen molar-refractivity contribution in [3.8, 4) is 17.1 Å². The molecule has 1 amide bonds. The molecule has 2 aromatic carbocycles. The van der Waals surface area contributed by atoms with Crippen molar-refractivity contribution in [2.24, 2.45) is 0 Å². The predicted molar refractivity (Wildman–Crippen MR) is 125 cm³/mol. The van der Waals surface area contributed by atoms with Crippen molar-refractivity contribution < 1.29 is 9.53 Å². The molecule has 0 fully saturated rings. The highest BCUT2D eigenvalue weighted by Crippen LogP contribution is 2.21. The minimum atomic E-state index is -0.0245. The van der Waals surface area contributed by atoms with Gasteiger partial charge in [0.25, 0.3) is 0 Å². The summed E-state index contributed by atoms with van der Waals surface area (Å²) in [6, 6.07) is 18.0. The number of hydrogen-bond acceptors (Lipinski definition) is 5. The number of rotatable bonds is 10. The van der Waals surface area contributed by atoms with Crippen LogP contribution < -0.4 is 10.1 Å². The van der Waals surface area contributed by atoms with Gasteiger partial charge in [-0.05, 0) is 63.1 Å². The van der Waals surface area contributed by atoms with Crippen LogP contribution in [0.15, 0.2) is 54.6 Å². The second kappa shape index (κ2) is 10.9. The molecule has 164 valence electrons. The fourth-order valence-electron chi connectivity index (χ4n) is 3.40. The maximum Gasteiger partial charge on any atom is 0.221 e. The van der Waals surface area contributed by atoms with E-state index >= 15 is 0 Å². The largest absolute Gasteiger partial charge is 0.494 e. The number of amides is 1. The minimum Gasteiger partial charge on any atom is -0.494 e. The van der Waals surface area contributed by atoms with Crippen molar-refractivity contribution in [2.75, 3.05) is 27.2 Å². The number of H-pyrrole nitrogens is 1. The average molecular weight is 440 g/mol. The smallest absolute Gasteiger partial charge is 0.221 e. The summed E-state index contributed by atoms with van der Waals surface area (Å²) in [5, 5.41) is 10.2.